The number of rotatable bonds is 0. The quantitative estimate of drug-likeness (QED) is 0.513. The van der Waals surface area contributed by atoms with Crippen molar-refractivity contribution in [3.63, 3.8) is 0 Å². The summed E-state index contributed by atoms with van der Waals surface area (Å²) in [5, 5.41) is 0. The molecule has 62 valence electrons. The second-order valence-electron chi connectivity index (χ2n) is 4.72. The van der Waals surface area contributed by atoms with Gasteiger partial charge in [-0.05, 0) is 33.1 Å². The smallest absolute Gasteiger partial charge is 0.226 e. The predicted molar refractivity (Wildman–Crippen MR) is 43.1 cm³/mol. The minimum absolute atomic E-state index is 0.0461. The summed E-state index contributed by atoms with van der Waals surface area (Å²) in [7, 11) is 0. The first-order valence-corrected chi connectivity index (χ1v) is 4.31. The van der Waals surface area contributed by atoms with Gasteiger partial charge in [-0.3, -0.25) is 4.79 Å². The molecule has 1 heterocycles. The summed E-state index contributed by atoms with van der Waals surface area (Å²) < 4.78 is 0. The van der Waals surface area contributed by atoms with Crippen molar-refractivity contribution in [2.24, 2.45) is 11.8 Å². The van der Waals surface area contributed by atoms with E-state index in [0.29, 0.717) is 17.7 Å². The van der Waals surface area contributed by atoms with Gasteiger partial charge in [0, 0.05) is 18.0 Å². The average molecular weight is 153 g/mol. The Bertz CT molecular complexity index is 204. The topological polar surface area (TPSA) is 20.3 Å². The molecule has 2 atom stereocenters. The first kappa shape index (κ1) is 7.14. The molecule has 11 heavy (non-hydrogen) atoms. The van der Waals surface area contributed by atoms with E-state index in [2.05, 4.69) is 20.8 Å². The molecule has 0 unspecified atom stereocenters. The lowest BCUT2D eigenvalue weighted by Crippen LogP contribution is -2.43. The molecule has 1 saturated carbocycles. The minimum atomic E-state index is 0.0461. The number of carbonyl (C=O) groups excluding carboxylic acids is 1. The summed E-state index contributed by atoms with van der Waals surface area (Å²) in [6, 6.07) is 0. The SMILES string of the molecule is CC(C)(C)N1C[C@H]2C[C@H]2C1=O. The van der Waals surface area contributed by atoms with Crippen molar-refractivity contribution >= 4 is 5.91 Å². The van der Waals surface area contributed by atoms with E-state index in [1.54, 1.807) is 0 Å². The van der Waals surface area contributed by atoms with Crippen molar-refractivity contribution in [2.45, 2.75) is 32.7 Å². The summed E-state index contributed by atoms with van der Waals surface area (Å²) in [4.78, 5) is 13.5. The van der Waals surface area contributed by atoms with E-state index in [4.69, 9.17) is 0 Å². The second kappa shape index (κ2) is 1.79. The van der Waals surface area contributed by atoms with Gasteiger partial charge in [-0.2, -0.15) is 0 Å². The third-order valence-electron chi connectivity index (χ3n) is 2.73. The molecule has 2 fully saturated rings. The highest BCUT2D eigenvalue weighted by Gasteiger charge is 2.54. The molecule has 1 saturated heterocycles. The number of likely N-dealkylation sites (tertiary alicyclic amines) is 1. The van der Waals surface area contributed by atoms with E-state index in [0.717, 1.165) is 13.0 Å². The minimum Gasteiger partial charge on any atom is -0.337 e. The largest absolute Gasteiger partial charge is 0.337 e. The summed E-state index contributed by atoms with van der Waals surface area (Å²) in [6.45, 7) is 7.33. The van der Waals surface area contributed by atoms with Crippen LogP contribution in [0, 0.1) is 11.8 Å². The van der Waals surface area contributed by atoms with Crippen LogP contribution in [0.3, 0.4) is 0 Å². The fourth-order valence-corrected chi connectivity index (χ4v) is 1.88. The summed E-state index contributed by atoms with van der Waals surface area (Å²) >= 11 is 0. The molecule has 1 aliphatic heterocycles. The molecule has 2 rings (SSSR count). The Balaban J connectivity index is 2.13. The van der Waals surface area contributed by atoms with Crippen LogP contribution in [-0.4, -0.2) is 22.9 Å². The number of amides is 1. The number of nitrogens with zero attached hydrogens (tertiary/aromatic N) is 1. The lowest BCUT2D eigenvalue weighted by atomic mass is 10.1. The molecule has 0 aromatic rings. The Kier molecular flexibility index (Phi) is 1.16. The van der Waals surface area contributed by atoms with Crippen LogP contribution in [0.2, 0.25) is 0 Å². The van der Waals surface area contributed by atoms with Crippen LogP contribution < -0.4 is 0 Å². The van der Waals surface area contributed by atoms with Gasteiger partial charge in [0.25, 0.3) is 0 Å². The maximum absolute atomic E-state index is 11.5. The van der Waals surface area contributed by atoms with Crippen molar-refractivity contribution in [2.75, 3.05) is 6.54 Å². The second-order valence-corrected chi connectivity index (χ2v) is 4.72. The van der Waals surface area contributed by atoms with Gasteiger partial charge in [0.15, 0.2) is 0 Å². The Labute approximate surface area is 67.6 Å². The van der Waals surface area contributed by atoms with Crippen LogP contribution in [0.5, 0.6) is 0 Å². The molecule has 0 aromatic heterocycles. The van der Waals surface area contributed by atoms with E-state index in [9.17, 15) is 4.79 Å². The van der Waals surface area contributed by atoms with E-state index in [-0.39, 0.29) is 5.54 Å². The van der Waals surface area contributed by atoms with Gasteiger partial charge >= 0.3 is 0 Å². The first-order chi connectivity index (χ1) is 5.00. The molecular formula is C9H15NO. The van der Waals surface area contributed by atoms with Gasteiger partial charge < -0.3 is 4.90 Å². The van der Waals surface area contributed by atoms with Gasteiger partial charge in [-0.1, -0.05) is 0 Å². The molecule has 0 aromatic carbocycles. The Morgan fingerprint density at radius 1 is 1.45 bits per heavy atom. The van der Waals surface area contributed by atoms with Gasteiger partial charge in [-0.15, -0.1) is 0 Å². The van der Waals surface area contributed by atoms with Crippen molar-refractivity contribution in [3.05, 3.63) is 0 Å². The van der Waals surface area contributed by atoms with Crippen molar-refractivity contribution in [1.82, 2.24) is 4.90 Å². The number of fused-ring (bicyclic) bond motifs is 1. The average Bonchev–Trinajstić information content (AvgIpc) is 2.52. The standard InChI is InChI=1S/C9H15NO/c1-9(2,3)10-5-6-4-7(6)8(10)11/h6-7H,4-5H2,1-3H3/t6-,7-/m1/s1. The zero-order valence-corrected chi connectivity index (χ0v) is 7.42. The van der Waals surface area contributed by atoms with Crippen molar-refractivity contribution in [1.29, 1.82) is 0 Å². The van der Waals surface area contributed by atoms with Crippen LogP contribution in [0.25, 0.3) is 0 Å². The molecule has 0 spiro atoms. The highest BCUT2D eigenvalue weighted by molar-refractivity contribution is 5.85. The maximum atomic E-state index is 11.5. The Hall–Kier alpha value is -0.530. The van der Waals surface area contributed by atoms with Crippen LogP contribution in [-0.2, 0) is 4.79 Å². The van der Waals surface area contributed by atoms with Crippen molar-refractivity contribution < 1.29 is 4.79 Å². The molecule has 1 amide bonds. The molecule has 0 bridgehead atoms. The monoisotopic (exact) mass is 153 g/mol. The fraction of sp³-hybridized carbons (Fsp3) is 0.889. The Morgan fingerprint density at radius 2 is 2.09 bits per heavy atom. The van der Waals surface area contributed by atoms with E-state index >= 15 is 0 Å². The molecule has 2 aliphatic rings. The third kappa shape index (κ3) is 0.959. The summed E-state index contributed by atoms with van der Waals surface area (Å²) in [5.74, 6) is 1.51. The van der Waals surface area contributed by atoms with E-state index in [1.807, 2.05) is 4.90 Å². The first-order valence-electron chi connectivity index (χ1n) is 4.31. The normalized spacial score (nSPS) is 35.9. The number of hydrogen-bond donors (Lipinski definition) is 0. The third-order valence-corrected chi connectivity index (χ3v) is 2.73. The van der Waals surface area contributed by atoms with Crippen LogP contribution in [0.15, 0.2) is 0 Å². The fourth-order valence-electron chi connectivity index (χ4n) is 1.88. The molecule has 2 nitrogen and oxygen atoms in total. The number of hydrogen-bond acceptors (Lipinski definition) is 1. The Morgan fingerprint density at radius 3 is 2.36 bits per heavy atom. The zero-order chi connectivity index (χ0) is 8.22. The van der Waals surface area contributed by atoms with Crippen LogP contribution in [0.4, 0.5) is 0 Å². The summed E-state index contributed by atoms with van der Waals surface area (Å²) in [5.41, 5.74) is 0.0461. The van der Waals surface area contributed by atoms with Gasteiger partial charge in [0.05, 0.1) is 0 Å². The highest BCUT2D eigenvalue weighted by Crippen LogP contribution is 2.47. The predicted octanol–water partition coefficient (Wildman–Crippen LogP) is 1.26. The summed E-state index contributed by atoms with van der Waals surface area (Å²) in [6.07, 6.45) is 1.16. The molecule has 1 aliphatic carbocycles. The van der Waals surface area contributed by atoms with Gasteiger partial charge in [-0.25, -0.2) is 0 Å². The van der Waals surface area contributed by atoms with Gasteiger partial charge in [0.1, 0.15) is 0 Å². The molecule has 2 heteroatoms. The zero-order valence-electron chi connectivity index (χ0n) is 7.42. The lowest BCUT2D eigenvalue weighted by molar-refractivity contribution is -0.134. The number of piperidine rings is 1. The molecule has 0 N–H and O–H groups in total. The van der Waals surface area contributed by atoms with Crippen LogP contribution >= 0.6 is 0 Å². The van der Waals surface area contributed by atoms with Gasteiger partial charge in [0.2, 0.25) is 5.91 Å². The molecular weight excluding hydrogens is 138 g/mol. The van der Waals surface area contributed by atoms with Crippen LogP contribution in [0.1, 0.15) is 27.2 Å². The molecule has 0 radical (unpaired) electrons. The number of carbonyl (C=O) groups is 1. The highest BCUT2D eigenvalue weighted by atomic mass is 16.2. The van der Waals surface area contributed by atoms with Crippen molar-refractivity contribution in [3.8, 4) is 0 Å². The van der Waals surface area contributed by atoms with E-state index in [1.165, 1.54) is 0 Å². The maximum Gasteiger partial charge on any atom is 0.226 e. The van der Waals surface area contributed by atoms with E-state index < -0.39 is 0 Å². The lowest BCUT2D eigenvalue weighted by Gasteiger charge is -2.33.